The molecule has 0 bridgehead atoms. The largest absolute Gasteiger partial charge is 0.416 e. The van der Waals surface area contributed by atoms with Crippen LogP contribution in [0.4, 0.5) is 23.7 Å². The lowest BCUT2D eigenvalue weighted by atomic mass is 10.2. The fourth-order valence-corrected chi connectivity index (χ4v) is 1.56. The molecule has 0 spiro atoms. The molecule has 0 saturated carbocycles. The Labute approximate surface area is 119 Å². The summed E-state index contributed by atoms with van der Waals surface area (Å²) in [6, 6.07) is 4.10. The summed E-state index contributed by atoms with van der Waals surface area (Å²) in [4.78, 5) is 12.4. The Balaban J connectivity index is 2.69. The van der Waals surface area contributed by atoms with Crippen LogP contribution in [0.1, 0.15) is 5.56 Å². The van der Waals surface area contributed by atoms with Gasteiger partial charge in [0.25, 0.3) is 0 Å². The van der Waals surface area contributed by atoms with Crippen molar-refractivity contribution in [2.45, 2.75) is 19.2 Å². The summed E-state index contributed by atoms with van der Waals surface area (Å²) in [5.41, 5.74) is 1.13. The first-order valence-electron chi connectivity index (χ1n) is 5.64. The third kappa shape index (κ3) is 4.57. The van der Waals surface area contributed by atoms with Crippen LogP contribution in [0.3, 0.4) is 0 Å². The van der Waals surface area contributed by atoms with Gasteiger partial charge in [-0.1, -0.05) is 17.7 Å². The van der Waals surface area contributed by atoms with Crippen LogP contribution in [-0.2, 0) is 0 Å². The van der Waals surface area contributed by atoms with Crippen LogP contribution < -0.4 is 5.32 Å². The van der Waals surface area contributed by atoms with Gasteiger partial charge < -0.3 is 15.3 Å². The molecule has 0 fully saturated rings. The number of amides is 2. The van der Waals surface area contributed by atoms with Crippen molar-refractivity contribution < 1.29 is 23.1 Å². The maximum Gasteiger partial charge on any atom is 0.416 e. The predicted molar refractivity (Wildman–Crippen MR) is 69.9 cm³/mol. The molecule has 20 heavy (non-hydrogen) atoms. The molecule has 0 aliphatic heterocycles. The molecular formula is C12H14ClF3N2O2. The van der Waals surface area contributed by atoms with Gasteiger partial charge in [0.05, 0.1) is 17.3 Å². The highest BCUT2D eigenvalue weighted by Crippen LogP contribution is 2.24. The Morgan fingerprint density at radius 2 is 2.10 bits per heavy atom. The molecule has 1 atom stereocenters. The maximum absolute atomic E-state index is 12.2. The topological polar surface area (TPSA) is 52.6 Å². The summed E-state index contributed by atoms with van der Waals surface area (Å²) in [5.74, 6) is 0. The number of nitrogens with one attached hydrogen (secondary N) is 1. The lowest BCUT2D eigenvalue weighted by Crippen LogP contribution is -2.43. The van der Waals surface area contributed by atoms with E-state index < -0.39 is 24.9 Å². The number of likely N-dealkylation sites (N-methyl/N-ethyl adjacent to an activating group) is 1. The Morgan fingerprint density at radius 3 is 2.65 bits per heavy atom. The summed E-state index contributed by atoms with van der Waals surface area (Å²) in [6.45, 7) is 0.919. The lowest BCUT2D eigenvalue weighted by Gasteiger charge is -2.23. The fourth-order valence-electron chi connectivity index (χ4n) is 1.39. The highest BCUT2D eigenvalue weighted by molar-refractivity contribution is 6.33. The van der Waals surface area contributed by atoms with Crippen LogP contribution in [0.15, 0.2) is 18.2 Å². The molecule has 1 aromatic rings. The number of urea groups is 1. The molecule has 0 aliphatic carbocycles. The number of carbonyl (C=O) groups is 1. The number of aryl methyl sites for hydroxylation is 1. The lowest BCUT2D eigenvalue weighted by molar-refractivity contribution is -0.205. The van der Waals surface area contributed by atoms with Gasteiger partial charge in [-0.2, -0.15) is 13.2 Å². The van der Waals surface area contributed by atoms with E-state index in [-0.39, 0.29) is 5.02 Å². The molecule has 8 heteroatoms. The average Bonchev–Trinajstić information content (AvgIpc) is 2.32. The van der Waals surface area contributed by atoms with Crippen LogP contribution in [0.25, 0.3) is 0 Å². The van der Waals surface area contributed by atoms with Crippen LogP contribution in [0.2, 0.25) is 5.02 Å². The second kappa shape index (κ2) is 6.32. The number of aliphatic hydroxyl groups is 1. The van der Waals surface area contributed by atoms with Crippen LogP contribution in [-0.4, -0.2) is 41.9 Å². The zero-order valence-corrected chi connectivity index (χ0v) is 11.6. The van der Waals surface area contributed by atoms with E-state index >= 15 is 0 Å². The van der Waals surface area contributed by atoms with E-state index in [4.69, 9.17) is 16.7 Å². The van der Waals surface area contributed by atoms with Crippen molar-refractivity contribution in [3.05, 3.63) is 28.8 Å². The highest BCUT2D eigenvalue weighted by Gasteiger charge is 2.39. The number of carbonyl (C=O) groups excluding carboxylic acids is 1. The summed E-state index contributed by atoms with van der Waals surface area (Å²) < 4.78 is 36.6. The van der Waals surface area contributed by atoms with Crippen LogP contribution in [0.5, 0.6) is 0 Å². The van der Waals surface area contributed by atoms with Crippen LogP contribution >= 0.6 is 11.6 Å². The van der Waals surface area contributed by atoms with Crippen LogP contribution in [0, 0.1) is 6.92 Å². The molecular weight excluding hydrogens is 297 g/mol. The van der Waals surface area contributed by atoms with E-state index in [1.54, 1.807) is 25.1 Å². The van der Waals surface area contributed by atoms with Crippen molar-refractivity contribution in [3.8, 4) is 0 Å². The minimum atomic E-state index is -4.77. The van der Waals surface area contributed by atoms with Gasteiger partial charge in [-0.05, 0) is 24.6 Å². The first kappa shape index (κ1) is 16.6. The molecule has 0 heterocycles. The molecule has 4 nitrogen and oxygen atoms in total. The molecule has 2 amide bonds. The first-order valence-corrected chi connectivity index (χ1v) is 6.02. The number of benzene rings is 1. The Hall–Kier alpha value is -1.47. The SMILES string of the molecule is Cc1ccc(Cl)c(NC(=O)N(C)CC(O)C(F)(F)F)c1. The Bertz CT molecular complexity index is 494. The second-order valence-electron chi connectivity index (χ2n) is 4.35. The molecule has 2 N–H and O–H groups in total. The number of hydrogen-bond donors (Lipinski definition) is 2. The summed E-state index contributed by atoms with van der Waals surface area (Å²) in [6.07, 6.45) is -7.36. The first-order chi connectivity index (χ1) is 9.11. The van der Waals surface area contributed by atoms with Crippen molar-refractivity contribution in [1.82, 2.24) is 4.90 Å². The second-order valence-corrected chi connectivity index (χ2v) is 4.76. The quantitative estimate of drug-likeness (QED) is 0.901. The van der Waals surface area contributed by atoms with Gasteiger partial charge in [0.1, 0.15) is 0 Å². The zero-order chi connectivity index (χ0) is 15.5. The molecule has 1 aromatic carbocycles. The van der Waals surface area contributed by atoms with Crippen molar-refractivity contribution in [2.24, 2.45) is 0 Å². The number of alkyl halides is 3. The molecule has 0 aromatic heterocycles. The number of hydrogen-bond acceptors (Lipinski definition) is 2. The Morgan fingerprint density at radius 1 is 1.50 bits per heavy atom. The van der Waals surface area contributed by atoms with E-state index in [1.807, 2.05) is 0 Å². The van der Waals surface area contributed by atoms with Gasteiger partial charge in [0.15, 0.2) is 6.10 Å². The number of nitrogens with zero attached hydrogens (tertiary/aromatic N) is 1. The summed E-state index contributed by atoms with van der Waals surface area (Å²) >= 11 is 5.86. The van der Waals surface area contributed by atoms with Gasteiger partial charge >= 0.3 is 12.2 Å². The monoisotopic (exact) mass is 310 g/mol. The standard InChI is InChI=1S/C12H14ClF3N2O2/c1-7-3-4-8(13)9(5-7)17-11(20)18(2)6-10(19)12(14,15)16/h3-5,10,19H,6H2,1-2H3,(H,17,20). The average molecular weight is 311 g/mol. The molecule has 0 aliphatic rings. The number of aliphatic hydroxyl groups excluding tert-OH is 1. The van der Waals surface area contributed by atoms with E-state index in [0.717, 1.165) is 17.5 Å². The number of anilines is 1. The van der Waals surface area contributed by atoms with E-state index in [2.05, 4.69) is 5.32 Å². The van der Waals surface area contributed by atoms with Gasteiger partial charge in [-0.3, -0.25) is 0 Å². The Kier molecular flexibility index (Phi) is 5.24. The number of rotatable bonds is 3. The summed E-state index contributed by atoms with van der Waals surface area (Å²) in [5, 5.41) is 11.6. The van der Waals surface area contributed by atoms with Gasteiger partial charge in [0.2, 0.25) is 0 Å². The normalized spacial score (nSPS) is 12.9. The molecule has 1 rings (SSSR count). The van der Waals surface area contributed by atoms with Crippen molar-refractivity contribution in [3.63, 3.8) is 0 Å². The smallest absolute Gasteiger partial charge is 0.382 e. The molecule has 1 unspecified atom stereocenters. The third-order valence-corrected chi connectivity index (χ3v) is 2.86. The minimum Gasteiger partial charge on any atom is -0.382 e. The highest BCUT2D eigenvalue weighted by atomic mass is 35.5. The van der Waals surface area contributed by atoms with Crippen molar-refractivity contribution in [1.29, 1.82) is 0 Å². The molecule has 112 valence electrons. The van der Waals surface area contributed by atoms with Crippen molar-refractivity contribution in [2.75, 3.05) is 18.9 Å². The van der Waals surface area contributed by atoms with Gasteiger partial charge in [-0.25, -0.2) is 4.79 Å². The van der Waals surface area contributed by atoms with E-state index in [9.17, 15) is 18.0 Å². The minimum absolute atomic E-state index is 0.272. The zero-order valence-electron chi connectivity index (χ0n) is 10.8. The molecule has 0 radical (unpaired) electrons. The predicted octanol–water partition coefficient (Wildman–Crippen LogP) is 3.04. The van der Waals surface area contributed by atoms with E-state index in [0.29, 0.717) is 5.69 Å². The van der Waals surface area contributed by atoms with Crippen molar-refractivity contribution >= 4 is 23.3 Å². The number of halogens is 4. The van der Waals surface area contributed by atoms with Gasteiger partial charge in [0, 0.05) is 7.05 Å². The fraction of sp³-hybridized carbons (Fsp3) is 0.417. The maximum atomic E-state index is 12.2. The summed E-state index contributed by atoms with van der Waals surface area (Å²) in [7, 11) is 1.15. The van der Waals surface area contributed by atoms with E-state index in [1.165, 1.54) is 0 Å². The molecule has 0 saturated heterocycles. The third-order valence-electron chi connectivity index (χ3n) is 2.53. The van der Waals surface area contributed by atoms with Gasteiger partial charge in [-0.15, -0.1) is 0 Å².